The van der Waals surface area contributed by atoms with Crippen LogP contribution < -0.4 is 0 Å². The van der Waals surface area contributed by atoms with Crippen molar-refractivity contribution in [3.05, 3.63) is 53.1 Å². The molecule has 0 unspecified atom stereocenters. The maximum absolute atomic E-state index is 5.93. The molecule has 106 valence electrons. The average molecular weight is 290 g/mol. The first-order valence-corrected chi connectivity index (χ1v) is 7.08. The minimum atomic E-state index is 0.235. The lowest BCUT2D eigenvalue weighted by molar-refractivity contribution is 0.400. The zero-order valence-corrected chi connectivity index (χ0v) is 12.9. The van der Waals surface area contributed by atoms with Crippen molar-refractivity contribution in [1.82, 2.24) is 14.8 Å². The second-order valence-corrected chi connectivity index (χ2v) is 6.62. The summed E-state index contributed by atoms with van der Waals surface area (Å²) in [6, 6.07) is 7.90. The van der Waals surface area contributed by atoms with Crippen LogP contribution in [-0.2, 0) is 6.54 Å². The normalized spacial score (nSPS) is 12.7. The van der Waals surface area contributed by atoms with Crippen LogP contribution >= 0.6 is 11.6 Å². The van der Waals surface area contributed by atoms with Crippen LogP contribution in [0.4, 0.5) is 0 Å². The summed E-state index contributed by atoms with van der Waals surface area (Å²) in [5, 5.41) is 4.95. The van der Waals surface area contributed by atoms with E-state index < -0.39 is 0 Å². The second-order valence-electron chi connectivity index (χ2n) is 6.18. The van der Waals surface area contributed by atoms with Gasteiger partial charge in [0.05, 0.1) is 6.54 Å². The van der Waals surface area contributed by atoms with E-state index in [2.05, 4.69) is 36.9 Å². The Bertz CT molecular complexity index is 563. The number of nitrogens with zero attached hydrogens (tertiary/aromatic N) is 3. The maximum atomic E-state index is 5.93. The highest BCUT2D eigenvalue weighted by atomic mass is 35.5. The molecule has 20 heavy (non-hydrogen) atoms. The van der Waals surface area contributed by atoms with Gasteiger partial charge in [0.15, 0.2) is 0 Å². The highest BCUT2D eigenvalue weighted by molar-refractivity contribution is 6.30. The monoisotopic (exact) mass is 289 g/mol. The van der Waals surface area contributed by atoms with Gasteiger partial charge in [-0.1, -0.05) is 50.6 Å². The molecule has 0 fully saturated rings. The molecule has 0 amide bonds. The number of halogens is 1. The molecular weight excluding hydrogens is 270 g/mol. The molecule has 2 rings (SSSR count). The van der Waals surface area contributed by atoms with Crippen molar-refractivity contribution in [3.8, 4) is 0 Å². The fourth-order valence-corrected chi connectivity index (χ4v) is 2.28. The summed E-state index contributed by atoms with van der Waals surface area (Å²) in [4.78, 5) is 4.00. The third kappa shape index (κ3) is 4.82. The summed E-state index contributed by atoms with van der Waals surface area (Å²) in [5.41, 5.74) is 2.72. The minimum Gasteiger partial charge on any atom is -0.249 e. The van der Waals surface area contributed by atoms with Crippen molar-refractivity contribution in [2.45, 2.75) is 33.7 Å². The molecule has 3 nitrogen and oxygen atoms in total. The molecular formula is C16H20ClN3. The van der Waals surface area contributed by atoms with Crippen LogP contribution in [0.15, 0.2) is 42.5 Å². The van der Waals surface area contributed by atoms with E-state index in [0.29, 0.717) is 0 Å². The zero-order valence-electron chi connectivity index (χ0n) is 12.2. The summed E-state index contributed by atoms with van der Waals surface area (Å²) in [6.45, 7) is 7.48. The summed E-state index contributed by atoms with van der Waals surface area (Å²) in [6.07, 6.45) is 6.54. The molecule has 0 saturated carbocycles. The van der Waals surface area contributed by atoms with Crippen molar-refractivity contribution in [1.29, 1.82) is 0 Å². The van der Waals surface area contributed by atoms with Crippen molar-refractivity contribution in [2.75, 3.05) is 0 Å². The topological polar surface area (TPSA) is 30.7 Å². The number of rotatable bonds is 4. The SMILES string of the molecule is CC(C)(C)C/C(=C\c1ccc(Cl)cc1)Cn1cncn1. The van der Waals surface area contributed by atoms with Gasteiger partial charge in [-0.25, -0.2) is 9.67 Å². The first-order chi connectivity index (χ1) is 9.42. The molecule has 1 heterocycles. The quantitative estimate of drug-likeness (QED) is 0.832. The highest BCUT2D eigenvalue weighted by Gasteiger charge is 2.14. The van der Waals surface area contributed by atoms with Crippen LogP contribution in [-0.4, -0.2) is 14.8 Å². The summed E-state index contributed by atoms with van der Waals surface area (Å²) >= 11 is 5.93. The molecule has 0 radical (unpaired) electrons. The Kier molecular flexibility index (Phi) is 4.61. The Morgan fingerprint density at radius 3 is 2.50 bits per heavy atom. The largest absolute Gasteiger partial charge is 0.249 e. The van der Waals surface area contributed by atoms with E-state index in [0.717, 1.165) is 23.6 Å². The van der Waals surface area contributed by atoms with Crippen LogP contribution in [0.5, 0.6) is 0 Å². The Balaban J connectivity index is 2.23. The van der Waals surface area contributed by atoms with Crippen molar-refractivity contribution in [3.63, 3.8) is 0 Å². The molecule has 0 aliphatic rings. The molecule has 0 saturated heterocycles. The van der Waals surface area contributed by atoms with Gasteiger partial charge in [0.2, 0.25) is 0 Å². The Hall–Kier alpha value is -1.61. The lowest BCUT2D eigenvalue weighted by Gasteiger charge is -2.20. The first-order valence-electron chi connectivity index (χ1n) is 6.70. The molecule has 4 heteroatoms. The molecule has 0 spiro atoms. The Morgan fingerprint density at radius 1 is 1.25 bits per heavy atom. The summed E-state index contributed by atoms with van der Waals surface area (Å²) in [7, 11) is 0. The van der Waals surface area contributed by atoms with Gasteiger partial charge < -0.3 is 0 Å². The maximum Gasteiger partial charge on any atom is 0.137 e. The fraction of sp³-hybridized carbons (Fsp3) is 0.375. The fourth-order valence-electron chi connectivity index (χ4n) is 2.15. The van der Waals surface area contributed by atoms with Crippen LogP contribution in [0.2, 0.25) is 5.02 Å². The summed E-state index contributed by atoms with van der Waals surface area (Å²) < 4.78 is 1.85. The van der Waals surface area contributed by atoms with Gasteiger partial charge in [0.25, 0.3) is 0 Å². The van der Waals surface area contributed by atoms with E-state index in [1.165, 1.54) is 5.57 Å². The van der Waals surface area contributed by atoms with Gasteiger partial charge in [-0.15, -0.1) is 0 Å². The molecule has 0 bridgehead atoms. The molecule has 0 aliphatic heterocycles. The van der Waals surface area contributed by atoms with Gasteiger partial charge in [0, 0.05) is 5.02 Å². The van der Waals surface area contributed by atoms with E-state index in [1.807, 2.05) is 28.9 Å². The van der Waals surface area contributed by atoms with Crippen molar-refractivity contribution < 1.29 is 0 Å². The number of allylic oxidation sites excluding steroid dienone is 1. The van der Waals surface area contributed by atoms with Gasteiger partial charge in [-0.2, -0.15) is 5.10 Å². The Labute approximate surface area is 125 Å². The van der Waals surface area contributed by atoms with E-state index in [9.17, 15) is 0 Å². The van der Waals surface area contributed by atoms with E-state index in [-0.39, 0.29) is 5.41 Å². The van der Waals surface area contributed by atoms with E-state index in [1.54, 1.807) is 12.7 Å². The zero-order chi connectivity index (χ0) is 14.6. The number of aromatic nitrogens is 3. The van der Waals surface area contributed by atoms with Gasteiger partial charge in [-0.05, 0) is 35.1 Å². The standard InChI is InChI=1S/C16H20ClN3/c1-16(2,3)9-14(10-20-12-18-11-19-20)8-13-4-6-15(17)7-5-13/h4-8,11-12H,9-10H2,1-3H3/b14-8+. The first kappa shape index (κ1) is 14.8. The average Bonchev–Trinajstić information content (AvgIpc) is 2.83. The van der Waals surface area contributed by atoms with Crippen molar-refractivity contribution >= 4 is 17.7 Å². The predicted octanol–water partition coefficient (Wildman–Crippen LogP) is 4.45. The molecule has 0 atom stereocenters. The van der Waals surface area contributed by atoms with Crippen LogP contribution in [0.3, 0.4) is 0 Å². The lowest BCUT2D eigenvalue weighted by atomic mass is 9.87. The van der Waals surface area contributed by atoms with Crippen molar-refractivity contribution in [2.24, 2.45) is 5.41 Å². The lowest BCUT2D eigenvalue weighted by Crippen LogP contribution is -2.11. The van der Waals surface area contributed by atoms with Crippen LogP contribution in [0.25, 0.3) is 6.08 Å². The predicted molar refractivity (Wildman–Crippen MR) is 83.5 cm³/mol. The van der Waals surface area contributed by atoms with E-state index >= 15 is 0 Å². The molecule has 0 aliphatic carbocycles. The molecule has 0 N–H and O–H groups in total. The Morgan fingerprint density at radius 2 is 1.95 bits per heavy atom. The van der Waals surface area contributed by atoms with Gasteiger partial charge in [-0.3, -0.25) is 0 Å². The van der Waals surface area contributed by atoms with Crippen LogP contribution in [0.1, 0.15) is 32.8 Å². The number of benzene rings is 1. The number of hydrogen-bond donors (Lipinski definition) is 0. The van der Waals surface area contributed by atoms with Gasteiger partial charge in [0.1, 0.15) is 12.7 Å². The molecule has 1 aromatic heterocycles. The van der Waals surface area contributed by atoms with Gasteiger partial charge >= 0.3 is 0 Å². The summed E-state index contributed by atoms with van der Waals surface area (Å²) in [5.74, 6) is 0. The smallest absolute Gasteiger partial charge is 0.137 e. The minimum absolute atomic E-state index is 0.235. The highest BCUT2D eigenvalue weighted by Crippen LogP contribution is 2.26. The third-order valence-electron chi connectivity index (χ3n) is 2.83. The number of hydrogen-bond acceptors (Lipinski definition) is 2. The van der Waals surface area contributed by atoms with E-state index in [4.69, 9.17) is 11.6 Å². The molecule has 1 aromatic carbocycles. The third-order valence-corrected chi connectivity index (χ3v) is 3.08. The second kappa shape index (κ2) is 6.23. The van der Waals surface area contributed by atoms with Crippen LogP contribution in [0, 0.1) is 5.41 Å². The molecule has 2 aromatic rings.